The molecule has 0 bridgehead atoms. The van der Waals surface area contributed by atoms with Crippen molar-refractivity contribution in [2.45, 2.75) is 125 Å². The van der Waals surface area contributed by atoms with Crippen LogP contribution in [-0.4, -0.2) is 34.1 Å². The molecule has 0 radical (unpaired) electrons. The lowest BCUT2D eigenvalue weighted by Crippen LogP contribution is -2.70. The summed E-state index contributed by atoms with van der Waals surface area (Å²) in [5, 5.41) is 33.6. The molecule has 0 aliphatic heterocycles. The van der Waals surface area contributed by atoms with E-state index in [4.69, 9.17) is 0 Å². The number of aliphatic hydroxyl groups is 3. The maximum absolute atomic E-state index is 12.0. The van der Waals surface area contributed by atoms with Gasteiger partial charge in [0.05, 0.1) is 12.2 Å². The molecule has 0 aromatic rings. The van der Waals surface area contributed by atoms with E-state index in [0.29, 0.717) is 35.7 Å². The minimum Gasteiger partial charge on any atom is -0.396 e. The molecule has 190 valence electrons. The third kappa shape index (κ3) is 3.03. The van der Waals surface area contributed by atoms with Crippen molar-refractivity contribution in [3.05, 3.63) is 0 Å². The van der Waals surface area contributed by atoms with Gasteiger partial charge >= 0.3 is 0 Å². The van der Waals surface area contributed by atoms with Gasteiger partial charge < -0.3 is 15.3 Å². The highest BCUT2D eigenvalue weighted by molar-refractivity contribution is 5.20. The zero-order valence-electron chi connectivity index (χ0n) is 22.6. The minimum atomic E-state index is -0.274. The molecular weight excluding hydrogens is 408 g/mol. The van der Waals surface area contributed by atoms with Crippen molar-refractivity contribution in [2.75, 3.05) is 6.61 Å². The average Bonchev–Trinajstić information content (AvgIpc) is 2.72. The van der Waals surface area contributed by atoms with Crippen LogP contribution in [0.25, 0.3) is 0 Å². The van der Waals surface area contributed by atoms with Crippen LogP contribution in [-0.2, 0) is 0 Å². The van der Waals surface area contributed by atoms with Crippen LogP contribution in [0.15, 0.2) is 0 Å². The first-order valence-corrected chi connectivity index (χ1v) is 14.1. The van der Waals surface area contributed by atoms with Crippen molar-refractivity contribution >= 4 is 0 Å². The molecule has 5 saturated carbocycles. The molecule has 0 spiro atoms. The lowest BCUT2D eigenvalue weighted by atomic mass is 9.31. The van der Waals surface area contributed by atoms with Crippen molar-refractivity contribution < 1.29 is 15.3 Å². The van der Waals surface area contributed by atoms with E-state index in [1.54, 1.807) is 0 Å². The third-order valence-corrected chi connectivity index (χ3v) is 13.7. The molecule has 10 atom stereocenters. The first kappa shape index (κ1) is 24.6. The summed E-state index contributed by atoms with van der Waals surface area (Å²) in [6.45, 7) is 17.4. The molecule has 5 fully saturated rings. The van der Waals surface area contributed by atoms with Gasteiger partial charge in [-0.1, -0.05) is 48.5 Å². The van der Waals surface area contributed by atoms with Gasteiger partial charge in [0.15, 0.2) is 0 Å². The average molecular weight is 461 g/mol. The van der Waals surface area contributed by atoms with Gasteiger partial charge in [0, 0.05) is 6.61 Å². The van der Waals surface area contributed by atoms with Crippen LogP contribution in [0, 0.1) is 56.2 Å². The molecule has 0 amide bonds. The van der Waals surface area contributed by atoms with E-state index < -0.39 is 0 Å². The van der Waals surface area contributed by atoms with E-state index in [-0.39, 0.29) is 39.3 Å². The second-order valence-corrected chi connectivity index (χ2v) is 15.7. The normalized spacial score (nSPS) is 57.3. The zero-order chi connectivity index (χ0) is 24.2. The fourth-order valence-corrected chi connectivity index (χ4v) is 11.4. The molecule has 0 heterocycles. The Hall–Kier alpha value is -0.120. The van der Waals surface area contributed by atoms with Crippen molar-refractivity contribution in [3.8, 4) is 0 Å². The summed E-state index contributed by atoms with van der Waals surface area (Å²) in [7, 11) is 0. The van der Waals surface area contributed by atoms with Crippen LogP contribution < -0.4 is 0 Å². The van der Waals surface area contributed by atoms with E-state index >= 15 is 0 Å². The van der Waals surface area contributed by atoms with Crippen LogP contribution >= 0.6 is 0 Å². The fourth-order valence-electron chi connectivity index (χ4n) is 11.4. The fraction of sp³-hybridized carbons (Fsp3) is 1.00. The van der Waals surface area contributed by atoms with Crippen LogP contribution in [0.5, 0.6) is 0 Å². The highest BCUT2D eigenvalue weighted by Crippen LogP contribution is 2.76. The van der Waals surface area contributed by atoms with Crippen LogP contribution in [0.2, 0.25) is 0 Å². The Bertz CT molecular complexity index is 789. The topological polar surface area (TPSA) is 60.7 Å². The predicted octanol–water partition coefficient (Wildman–Crippen LogP) is 6.19. The number of hydrogen-bond acceptors (Lipinski definition) is 3. The van der Waals surface area contributed by atoms with Crippen molar-refractivity contribution in [1.82, 2.24) is 0 Å². The smallest absolute Gasteiger partial charge is 0.0594 e. The second kappa shape index (κ2) is 7.22. The SMILES string of the molecule is CC1(C)CC[C@]2(CO)CC[C@]3(C)[C@H]([C@H](O)C[C@@H]4[C@@]5(C)CC[C@H](O)C(C)(C)C5CC[C@]43C)[C@@H]2C1. The molecule has 3 N–H and O–H groups in total. The van der Waals surface area contributed by atoms with E-state index in [9.17, 15) is 15.3 Å². The van der Waals surface area contributed by atoms with Crippen molar-refractivity contribution in [2.24, 2.45) is 56.2 Å². The molecule has 0 aromatic heterocycles. The lowest BCUT2D eigenvalue weighted by Gasteiger charge is -2.74. The first-order chi connectivity index (χ1) is 15.2. The van der Waals surface area contributed by atoms with Gasteiger partial charge in [0.25, 0.3) is 0 Å². The van der Waals surface area contributed by atoms with E-state index in [0.717, 1.165) is 44.9 Å². The molecule has 5 aliphatic carbocycles. The van der Waals surface area contributed by atoms with Crippen molar-refractivity contribution in [3.63, 3.8) is 0 Å². The van der Waals surface area contributed by atoms with Gasteiger partial charge in [-0.2, -0.15) is 0 Å². The number of rotatable bonds is 1. The van der Waals surface area contributed by atoms with E-state index in [1.807, 2.05) is 0 Å². The Morgan fingerprint density at radius 2 is 1.39 bits per heavy atom. The van der Waals surface area contributed by atoms with Gasteiger partial charge in [0.1, 0.15) is 0 Å². The molecule has 5 rings (SSSR count). The van der Waals surface area contributed by atoms with Gasteiger partial charge in [-0.15, -0.1) is 0 Å². The highest BCUT2D eigenvalue weighted by Gasteiger charge is 2.71. The molecule has 3 nitrogen and oxygen atoms in total. The molecule has 5 aliphatic rings. The molecule has 33 heavy (non-hydrogen) atoms. The zero-order valence-corrected chi connectivity index (χ0v) is 22.6. The molecule has 1 unspecified atom stereocenters. The summed E-state index contributed by atoms with van der Waals surface area (Å²) in [5.41, 5.74) is 0.767. The van der Waals surface area contributed by atoms with Crippen molar-refractivity contribution in [1.29, 1.82) is 0 Å². The van der Waals surface area contributed by atoms with Crippen LogP contribution in [0.4, 0.5) is 0 Å². The maximum Gasteiger partial charge on any atom is 0.0594 e. The Kier molecular flexibility index (Phi) is 5.38. The van der Waals surface area contributed by atoms with Crippen LogP contribution in [0.3, 0.4) is 0 Å². The highest BCUT2D eigenvalue weighted by atomic mass is 16.3. The van der Waals surface area contributed by atoms with E-state index in [1.165, 1.54) is 19.3 Å². The summed E-state index contributed by atoms with van der Waals surface area (Å²) in [5.74, 6) is 1.74. The van der Waals surface area contributed by atoms with E-state index in [2.05, 4.69) is 48.5 Å². The second-order valence-electron chi connectivity index (χ2n) is 15.7. The summed E-state index contributed by atoms with van der Waals surface area (Å²) < 4.78 is 0. The third-order valence-electron chi connectivity index (χ3n) is 13.7. The molecular formula is C30H52O3. The first-order valence-electron chi connectivity index (χ1n) is 14.1. The summed E-state index contributed by atoms with van der Waals surface area (Å²) >= 11 is 0. The summed E-state index contributed by atoms with van der Waals surface area (Å²) in [6.07, 6.45) is 10.6. The Morgan fingerprint density at radius 3 is 2.06 bits per heavy atom. The number of fused-ring (bicyclic) bond motifs is 7. The number of aliphatic hydroxyl groups excluding tert-OH is 3. The molecule has 0 saturated heterocycles. The predicted molar refractivity (Wildman–Crippen MR) is 134 cm³/mol. The standard InChI is InChI=1S/C30H52O3/c1-25(2)12-14-30(18-31)15-13-29(7)24(19(30)17-25)20(32)16-22-27(5)10-9-23(33)26(3,4)21(27)8-11-28(22,29)6/h19-24,31-33H,8-18H2,1-7H3/t19-,20+,21?,22+,23-,24-,27-,28+,29+,30+/m0/s1. The number of hydrogen-bond donors (Lipinski definition) is 3. The Morgan fingerprint density at radius 1 is 0.727 bits per heavy atom. The van der Waals surface area contributed by atoms with Gasteiger partial charge in [0.2, 0.25) is 0 Å². The quantitative estimate of drug-likeness (QED) is 0.437. The molecule has 0 aromatic carbocycles. The maximum atomic E-state index is 12.0. The monoisotopic (exact) mass is 460 g/mol. The summed E-state index contributed by atoms with van der Waals surface area (Å²) in [4.78, 5) is 0. The van der Waals surface area contributed by atoms with Gasteiger partial charge in [-0.05, 0) is 120 Å². The molecule has 3 heteroatoms. The lowest BCUT2D eigenvalue weighted by molar-refractivity contribution is -0.281. The Balaban J connectivity index is 1.57. The van der Waals surface area contributed by atoms with Gasteiger partial charge in [-0.25, -0.2) is 0 Å². The Labute approximate surface area is 203 Å². The summed E-state index contributed by atoms with van der Waals surface area (Å²) in [6, 6.07) is 0. The largest absolute Gasteiger partial charge is 0.396 e. The minimum absolute atomic E-state index is 0.0158. The van der Waals surface area contributed by atoms with Gasteiger partial charge in [-0.3, -0.25) is 0 Å². The van der Waals surface area contributed by atoms with Crippen LogP contribution in [0.1, 0.15) is 113 Å².